The zero-order valence-corrected chi connectivity index (χ0v) is 10.0. The summed E-state index contributed by atoms with van der Waals surface area (Å²) < 4.78 is 0.409. The number of nitrogens with zero attached hydrogens (tertiary/aromatic N) is 1. The highest BCUT2D eigenvalue weighted by molar-refractivity contribution is 9.10. The second-order valence-electron chi connectivity index (χ2n) is 4.72. The van der Waals surface area contributed by atoms with E-state index >= 15 is 0 Å². The molecule has 0 aliphatic heterocycles. The molecule has 0 aromatic rings. The van der Waals surface area contributed by atoms with Crippen molar-refractivity contribution in [3.05, 3.63) is 0 Å². The first-order valence-corrected chi connectivity index (χ1v) is 6.33. The lowest BCUT2D eigenvalue weighted by atomic mass is 9.86. The van der Waals surface area contributed by atoms with E-state index in [2.05, 4.69) is 27.3 Å². The van der Waals surface area contributed by atoms with E-state index in [1.165, 1.54) is 25.7 Å². The van der Waals surface area contributed by atoms with Gasteiger partial charge in [-0.25, -0.2) is 0 Å². The number of alkyl halides is 1. The van der Waals surface area contributed by atoms with E-state index in [-0.39, 0.29) is 0 Å². The van der Waals surface area contributed by atoms with E-state index in [0.29, 0.717) is 16.3 Å². The molecule has 0 aromatic heterocycles. The minimum atomic E-state index is 0.298. The Kier molecular flexibility index (Phi) is 3.14. The van der Waals surface area contributed by atoms with Crippen LogP contribution in [0.4, 0.5) is 0 Å². The highest BCUT2D eigenvalue weighted by Gasteiger charge is 2.39. The van der Waals surface area contributed by atoms with Crippen LogP contribution in [0.25, 0.3) is 0 Å². The predicted octanol–water partition coefficient (Wildman–Crippen LogP) is 2.59. The Morgan fingerprint density at radius 1 is 1.43 bits per heavy atom. The predicted molar refractivity (Wildman–Crippen MR) is 60.3 cm³/mol. The van der Waals surface area contributed by atoms with Gasteiger partial charge in [0.2, 0.25) is 0 Å². The first-order chi connectivity index (χ1) is 6.72. The van der Waals surface area contributed by atoms with Crippen molar-refractivity contribution >= 4 is 15.9 Å². The Hall–Kier alpha value is -0.0700. The maximum Gasteiger partial charge on any atom is 0.0656 e. The molecule has 2 nitrogen and oxygen atoms in total. The lowest BCUT2D eigenvalue weighted by molar-refractivity contribution is 0.328. The molecular formula is C11H17BrN2. The van der Waals surface area contributed by atoms with Crippen LogP contribution in [0.1, 0.15) is 38.5 Å². The van der Waals surface area contributed by atoms with E-state index in [4.69, 9.17) is 5.26 Å². The summed E-state index contributed by atoms with van der Waals surface area (Å²) in [6.45, 7) is 1.08. The lowest BCUT2D eigenvalue weighted by Gasteiger charge is -2.27. The maximum atomic E-state index is 8.86. The first-order valence-electron chi connectivity index (χ1n) is 5.54. The fourth-order valence-corrected chi connectivity index (χ4v) is 2.49. The molecule has 0 saturated heterocycles. The van der Waals surface area contributed by atoms with Gasteiger partial charge in [-0.15, -0.1) is 0 Å². The summed E-state index contributed by atoms with van der Waals surface area (Å²) in [7, 11) is 0. The smallest absolute Gasteiger partial charge is 0.0656 e. The summed E-state index contributed by atoms with van der Waals surface area (Å²) in [6, 6.07) is 2.98. The van der Waals surface area contributed by atoms with Crippen molar-refractivity contribution in [1.29, 1.82) is 5.26 Å². The summed E-state index contributed by atoms with van der Waals surface area (Å²) >= 11 is 3.72. The Morgan fingerprint density at radius 2 is 2.21 bits per heavy atom. The number of hydrogen-bond donors (Lipinski definition) is 1. The lowest BCUT2D eigenvalue weighted by Crippen LogP contribution is -2.37. The van der Waals surface area contributed by atoms with Crippen LogP contribution in [-0.2, 0) is 0 Å². The molecule has 1 N–H and O–H groups in total. The van der Waals surface area contributed by atoms with Crippen molar-refractivity contribution in [2.45, 2.75) is 48.9 Å². The molecule has 2 aliphatic carbocycles. The molecule has 0 amide bonds. The van der Waals surface area contributed by atoms with E-state index in [0.717, 1.165) is 19.4 Å². The molecule has 0 heterocycles. The molecule has 0 aromatic carbocycles. The quantitative estimate of drug-likeness (QED) is 0.789. The minimum absolute atomic E-state index is 0.298. The van der Waals surface area contributed by atoms with Gasteiger partial charge in [0.25, 0.3) is 0 Å². The number of rotatable bonds is 3. The van der Waals surface area contributed by atoms with Gasteiger partial charge in [0.1, 0.15) is 0 Å². The van der Waals surface area contributed by atoms with E-state index in [1.54, 1.807) is 0 Å². The van der Waals surface area contributed by atoms with Crippen molar-refractivity contribution in [2.75, 3.05) is 6.54 Å². The summed E-state index contributed by atoms with van der Waals surface area (Å²) in [5.41, 5.74) is 0. The topological polar surface area (TPSA) is 35.8 Å². The van der Waals surface area contributed by atoms with Gasteiger partial charge in [0.05, 0.1) is 6.07 Å². The van der Waals surface area contributed by atoms with Crippen molar-refractivity contribution in [3.8, 4) is 6.07 Å². The van der Waals surface area contributed by atoms with Crippen LogP contribution in [-0.4, -0.2) is 16.9 Å². The second-order valence-corrected chi connectivity index (χ2v) is 6.40. The number of nitriles is 1. The number of hydrogen-bond acceptors (Lipinski definition) is 2. The monoisotopic (exact) mass is 256 g/mol. The third-order valence-electron chi connectivity index (χ3n) is 3.36. The molecule has 2 aliphatic rings. The number of halogens is 1. The SMILES string of the molecule is N#CC1CCCC(NCC2(Br)CC2)C1. The molecule has 2 rings (SSSR count). The van der Waals surface area contributed by atoms with Gasteiger partial charge >= 0.3 is 0 Å². The Labute approximate surface area is 94.2 Å². The van der Waals surface area contributed by atoms with Crippen LogP contribution >= 0.6 is 15.9 Å². The molecular weight excluding hydrogens is 240 g/mol. The van der Waals surface area contributed by atoms with Gasteiger partial charge in [-0.3, -0.25) is 0 Å². The van der Waals surface area contributed by atoms with Crippen LogP contribution in [0.15, 0.2) is 0 Å². The highest BCUT2D eigenvalue weighted by atomic mass is 79.9. The van der Waals surface area contributed by atoms with Crippen LogP contribution < -0.4 is 5.32 Å². The van der Waals surface area contributed by atoms with Crippen molar-refractivity contribution in [1.82, 2.24) is 5.32 Å². The molecule has 2 saturated carbocycles. The normalized spacial score (nSPS) is 34.9. The number of nitrogens with one attached hydrogen (secondary N) is 1. The van der Waals surface area contributed by atoms with Crippen molar-refractivity contribution in [3.63, 3.8) is 0 Å². The zero-order valence-electron chi connectivity index (χ0n) is 8.43. The highest BCUT2D eigenvalue weighted by Crippen LogP contribution is 2.43. The Morgan fingerprint density at radius 3 is 2.86 bits per heavy atom. The van der Waals surface area contributed by atoms with Gasteiger partial charge in [-0.1, -0.05) is 22.4 Å². The molecule has 2 atom stereocenters. The van der Waals surface area contributed by atoms with Crippen LogP contribution in [0.3, 0.4) is 0 Å². The molecule has 3 heteroatoms. The van der Waals surface area contributed by atoms with Gasteiger partial charge in [0.15, 0.2) is 0 Å². The van der Waals surface area contributed by atoms with E-state index in [1.807, 2.05) is 0 Å². The van der Waals surface area contributed by atoms with Gasteiger partial charge < -0.3 is 5.32 Å². The third-order valence-corrected chi connectivity index (χ3v) is 4.43. The second kappa shape index (κ2) is 4.20. The fourth-order valence-electron chi connectivity index (χ4n) is 2.13. The van der Waals surface area contributed by atoms with E-state index < -0.39 is 0 Å². The van der Waals surface area contributed by atoms with Crippen LogP contribution in [0.2, 0.25) is 0 Å². The molecule has 2 fully saturated rings. The third kappa shape index (κ3) is 2.71. The summed E-state index contributed by atoms with van der Waals surface area (Å²) in [6.07, 6.45) is 7.23. The van der Waals surface area contributed by atoms with Crippen LogP contribution in [0, 0.1) is 17.2 Å². The van der Waals surface area contributed by atoms with Crippen molar-refractivity contribution in [2.24, 2.45) is 5.92 Å². The summed E-state index contributed by atoms with van der Waals surface area (Å²) in [5, 5.41) is 12.5. The van der Waals surface area contributed by atoms with Crippen molar-refractivity contribution < 1.29 is 0 Å². The molecule has 78 valence electrons. The first kappa shape index (κ1) is 10.4. The molecule has 2 unspecified atom stereocenters. The Bertz CT molecular complexity index is 242. The average Bonchev–Trinajstić information content (AvgIpc) is 2.95. The molecule has 0 bridgehead atoms. The fraction of sp³-hybridized carbons (Fsp3) is 0.909. The molecule has 0 radical (unpaired) electrons. The van der Waals surface area contributed by atoms with Gasteiger partial charge in [-0.2, -0.15) is 5.26 Å². The van der Waals surface area contributed by atoms with Gasteiger partial charge in [-0.05, 0) is 32.1 Å². The zero-order chi connectivity index (χ0) is 10.0. The molecule has 0 spiro atoms. The summed E-state index contributed by atoms with van der Waals surface area (Å²) in [4.78, 5) is 0. The van der Waals surface area contributed by atoms with Gasteiger partial charge in [0, 0.05) is 22.8 Å². The standard InChI is InChI=1S/C11H17BrN2/c12-11(4-5-11)8-14-10-3-1-2-9(6-10)7-13/h9-10,14H,1-6,8H2. The van der Waals surface area contributed by atoms with Crippen LogP contribution in [0.5, 0.6) is 0 Å². The maximum absolute atomic E-state index is 8.86. The summed E-state index contributed by atoms with van der Waals surface area (Å²) in [5.74, 6) is 0.298. The van der Waals surface area contributed by atoms with E-state index in [9.17, 15) is 0 Å². The minimum Gasteiger partial charge on any atom is -0.313 e. The molecule has 14 heavy (non-hydrogen) atoms. The Balaban J connectivity index is 1.72. The largest absolute Gasteiger partial charge is 0.313 e. The average molecular weight is 257 g/mol.